The molecule has 0 atom stereocenters. The lowest BCUT2D eigenvalue weighted by Gasteiger charge is -2.22. The first kappa shape index (κ1) is 36.8. The molecule has 0 amide bonds. The zero-order valence-electron chi connectivity index (χ0n) is 36.2. The molecule has 9 aromatic carbocycles. The second-order valence-electron chi connectivity index (χ2n) is 18.0. The molecule has 0 fully saturated rings. The molecule has 0 saturated carbocycles. The van der Waals surface area contributed by atoms with Crippen molar-refractivity contribution in [3.05, 3.63) is 211 Å². The molecule has 0 unspecified atom stereocenters. The van der Waals surface area contributed by atoms with Crippen LogP contribution in [-0.4, -0.2) is 24.1 Å². The maximum absolute atomic E-state index is 6.42. The maximum Gasteiger partial charge on any atom is 0.238 e. The largest absolute Gasteiger partial charge is 0.456 e. The third-order valence-electron chi connectivity index (χ3n) is 14.0. The molecule has 0 bridgehead atoms. The number of fused-ring (bicyclic) bond motifs is 12. The summed E-state index contributed by atoms with van der Waals surface area (Å²) in [5, 5.41) is 6.98. The Morgan fingerprint density at radius 1 is 0.364 bits per heavy atom. The Hall–Kier alpha value is -8.61. The van der Waals surface area contributed by atoms with Crippen LogP contribution in [0.4, 0.5) is 0 Å². The molecule has 1 aliphatic carbocycles. The van der Waals surface area contributed by atoms with Gasteiger partial charge in [-0.2, -0.15) is 9.97 Å². The zero-order valence-corrected chi connectivity index (χ0v) is 36.2. The minimum absolute atomic E-state index is 0.256. The molecular weight excluding hydrogens is 807 g/mol. The fourth-order valence-electron chi connectivity index (χ4n) is 10.8. The van der Waals surface area contributed by atoms with E-state index in [9.17, 15) is 0 Å². The highest BCUT2D eigenvalue weighted by Gasteiger charge is 2.37. The molecule has 0 radical (unpaired) electrons. The van der Waals surface area contributed by atoms with Crippen LogP contribution < -0.4 is 0 Å². The molecule has 6 nitrogen and oxygen atoms in total. The van der Waals surface area contributed by atoms with Gasteiger partial charge in [0.2, 0.25) is 5.95 Å². The number of para-hydroxylation sites is 3. The highest BCUT2D eigenvalue weighted by Crippen LogP contribution is 2.52. The summed E-state index contributed by atoms with van der Waals surface area (Å²) in [7, 11) is 0. The van der Waals surface area contributed by atoms with Gasteiger partial charge in [0.05, 0.1) is 22.1 Å². The van der Waals surface area contributed by atoms with Crippen molar-refractivity contribution in [2.45, 2.75) is 19.3 Å². The molecule has 4 aromatic heterocycles. The minimum atomic E-state index is -0.256. The summed E-state index contributed by atoms with van der Waals surface area (Å²) >= 11 is 0. The summed E-state index contributed by atoms with van der Waals surface area (Å²) < 4.78 is 11.0. The Morgan fingerprint density at radius 3 is 1.70 bits per heavy atom. The SMILES string of the molecule is CC1(C)c2ccc(-c3ccc4c(c3)c3cc5c(cc3n4-c3ccccc3)oc3ccccc35)cc2-c2cc3c4ccccc4n(-c4nc(-c5ccccc5)nc(-c5ccccc5)n4)c3cc21. The molecule has 66 heavy (non-hydrogen) atoms. The van der Waals surface area contributed by atoms with Gasteiger partial charge >= 0.3 is 0 Å². The normalized spacial score (nSPS) is 13.1. The molecule has 6 heteroatoms. The van der Waals surface area contributed by atoms with Crippen LogP contribution in [0.3, 0.4) is 0 Å². The van der Waals surface area contributed by atoms with Gasteiger partial charge in [-0.1, -0.05) is 147 Å². The van der Waals surface area contributed by atoms with E-state index in [0.717, 1.165) is 71.6 Å². The van der Waals surface area contributed by atoms with Gasteiger partial charge in [-0.25, -0.2) is 4.98 Å². The summed E-state index contributed by atoms with van der Waals surface area (Å²) in [6.07, 6.45) is 0. The van der Waals surface area contributed by atoms with E-state index in [0.29, 0.717) is 17.6 Å². The van der Waals surface area contributed by atoms with Crippen molar-refractivity contribution in [3.63, 3.8) is 0 Å². The molecule has 1 aliphatic rings. The Balaban J connectivity index is 0.956. The summed E-state index contributed by atoms with van der Waals surface area (Å²) in [4.78, 5) is 15.4. The highest BCUT2D eigenvalue weighted by atomic mass is 16.3. The van der Waals surface area contributed by atoms with Crippen LogP contribution >= 0.6 is 0 Å². The smallest absolute Gasteiger partial charge is 0.238 e. The average molecular weight is 846 g/mol. The Morgan fingerprint density at radius 2 is 0.939 bits per heavy atom. The first-order valence-electron chi connectivity index (χ1n) is 22.5. The number of hydrogen-bond donors (Lipinski definition) is 0. The minimum Gasteiger partial charge on any atom is -0.456 e. The van der Waals surface area contributed by atoms with Crippen molar-refractivity contribution in [1.29, 1.82) is 0 Å². The molecule has 0 spiro atoms. The second-order valence-corrected chi connectivity index (χ2v) is 18.0. The van der Waals surface area contributed by atoms with E-state index in [1.54, 1.807) is 0 Å². The van der Waals surface area contributed by atoms with E-state index in [4.69, 9.17) is 19.4 Å². The van der Waals surface area contributed by atoms with E-state index < -0.39 is 0 Å². The van der Waals surface area contributed by atoms with Crippen LogP contribution in [-0.2, 0) is 5.41 Å². The molecule has 0 N–H and O–H groups in total. The van der Waals surface area contributed by atoms with Gasteiger partial charge in [0.1, 0.15) is 11.2 Å². The van der Waals surface area contributed by atoms with Crippen LogP contribution in [0.5, 0.6) is 0 Å². The fraction of sp³-hybridized carbons (Fsp3) is 0.0500. The topological polar surface area (TPSA) is 61.7 Å². The van der Waals surface area contributed by atoms with Crippen molar-refractivity contribution >= 4 is 65.6 Å². The molecule has 310 valence electrons. The van der Waals surface area contributed by atoms with E-state index in [2.05, 4.69) is 181 Å². The third-order valence-corrected chi connectivity index (χ3v) is 14.0. The third kappa shape index (κ3) is 5.33. The summed E-state index contributed by atoms with van der Waals surface area (Å²) in [5.41, 5.74) is 16.4. The molecule has 4 heterocycles. The van der Waals surface area contributed by atoms with Gasteiger partial charge in [-0.05, 0) is 94.0 Å². The van der Waals surface area contributed by atoms with Gasteiger partial charge in [0.25, 0.3) is 0 Å². The standard InChI is InChI=1S/C60H39N5O/c1-60(2)49-28-26-38(39-27-29-52-45(31-39)47-33-48-42-23-13-15-25-55(42)66-56(48)35-54(47)64(52)40-20-10-5-11-21-40)30-43(49)44-32-46-41-22-12-14-24-51(41)65(53(46)34-50(44)60)59-62-57(36-16-6-3-7-17-36)61-58(63-59)37-18-8-4-9-19-37/h3-35H,1-2H3. The van der Waals surface area contributed by atoms with E-state index in [1.807, 2.05) is 42.5 Å². The van der Waals surface area contributed by atoms with E-state index in [-0.39, 0.29) is 5.41 Å². The number of benzene rings is 9. The highest BCUT2D eigenvalue weighted by molar-refractivity contribution is 6.18. The van der Waals surface area contributed by atoms with Gasteiger partial charge in [-0.3, -0.25) is 4.57 Å². The van der Waals surface area contributed by atoms with Crippen LogP contribution in [0.1, 0.15) is 25.0 Å². The molecule has 13 aromatic rings. The van der Waals surface area contributed by atoms with Crippen molar-refractivity contribution in [1.82, 2.24) is 24.1 Å². The number of aromatic nitrogens is 5. The maximum atomic E-state index is 6.42. The Kier molecular flexibility index (Phi) is 7.64. The lowest BCUT2D eigenvalue weighted by Crippen LogP contribution is -2.15. The van der Waals surface area contributed by atoms with E-state index in [1.165, 1.54) is 44.2 Å². The van der Waals surface area contributed by atoms with E-state index >= 15 is 0 Å². The average Bonchev–Trinajstić information content (AvgIpc) is 4.07. The number of furan rings is 1. The number of hydrogen-bond acceptors (Lipinski definition) is 4. The van der Waals surface area contributed by atoms with Crippen LogP contribution in [0, 0.1) is 0 Å². The second kappa shape index (κ2) is 13.7. The van der Waals surface area contributed by atoms with Crippen molar-refractivity contribution < 1.29 is 4.42 Å². The van der Waals surface area contributed by atoms with Gasteiger partial charge in [0.15, 0.2) is 11.6 Å². The van der Waals surface area contributed by atoms with Gasteiger partial charge < -0.3 is 8.98 Å². The quantitative estimate of drug-likeness (QED) is 0.173. The van der Waals surface area contributed by atoms with Crippen LogP contribution in [0.25, 0.3) is 122 Å². The lowest BCUT2D eigenvalue weighted by molar-refractivity contribution is 0.661. The monoisotopic (exact) mass is 845 g/mol. The Labute approximate surface area is 379 Å². The predicted molar refractivity (Wildman–Crippen MR) is 270 cm³/mol. The summed E-state index contributed by atoms with van der Waals surface area (Å²) in [6.45, 7) is 4.70. The summed E-state index contributed by atoms with van der Waals surface area (Å²) in [6, 6.07) is 71.3. The first-order chi connectivity index (χ1) is 32.5. The number of rotatable bonds is 5. The van der Waals surface area contributed by atoms with Gasteiger partial charge in [-0.15, -0.1) is 0 Å². The number of nitrogens with zero attached hydrogens (tertiary/aromatic N) is 5. The summed E-state index contributed by atoms with van der Waals surface area (Å²) in [5.74, 6) is 1.87. The molecule has 14 rings (SSSR count). The first-order valence-corrected chi connectivity index (χ1v) is 22.5. The van der Waals surface area contributed by atoms with Crippen molar-refractivity contribution in [3.8, 4) is 56.7 Å². The zero-order chi connectivity index (χ0) is 43.7. The van der Waals surface area contributed by atoms with Crippen molar-refractivity contribution in [2.75, 3.05) is 0 Å². The molecular formula is C60H39N5O. The molecule has 0 saturated heterocycles. The van der Waals surface area contributed by atoms with Crippen LogP contribution in [0.2, 0.25) is 0 Å². The lowest BCUT2D eigenvalue weighted by atomic mass is 9.82. The van der Waals surface area contributed by atoms with Gasteiger partial charge in [0, 0.05) is 60.6 Å². The predicted octanol–water partition coefficient (Wildman–Crippen LogP) is 15.3. The Bertz CT molecular complexity index is 4070. The molecule has 0 aliphatic heterocycles. The van der Waals surface area contributed by atoms with Crippen LogP contribution in [0.15, 0.2) is 205 Å². The van der Waals surface area contributed by atoms with Crippen molar-refractivity contribution in [2.24, 2.45) is 0 Å². The fourth-order valence-corrected chi connectivity index (χ4v) is 10.8.